The van der Waals surface area contributed by atoms with Crippen molar-refractivity contribution in [2.45, 2.75) is 13.1 Å². The molecule has 0 saturated carbocycles. The number of halogens is 2. The Morgan fingerprint density at radius 3 is 2.29 bits per heavy atom. The lowest BCUT2D eigenvalue weighted by Gasteiger charge is -2.10. The molecule has 0 fully saturated rings. The van der Waals surface area contributed by atoms with Crippen LogP contribution in [0.1, 0.15) is 11.1 Å². The Bertz CT molecular complexity index is 559. The fraction of sp³-hybridized carbons (Fsp3) is 0.250. The van der Waals surface area contributed by atoms with Gasteiger partial charge >= 0.3 is 0 Å². The van der Waals surface area contributed by atoms with Gasteiger partial charge in [-0.2, -0.15) is 0 Å². The molecular weight excluding hydrogens is 309 g/mol. The molecule has 5 heteroatoms. The Labute approximate surface area is 136 Å². The van der Waals surface area contributed by atoms with Crippen LogP contribution in [0.25, 0.3) is 0 Å². The van der Waals surface area contributed by atoms with Gasteiger partial charge in [-0.3, -0.25) is 0 Å². The first-order chi connectivity index (χ1) is 9.72. The molecule has 0 amide bonds. The molecule has 0 aliphatic heterocycles. The monoisotopic (exact) mass is 327 g/mol. The van der Waals surface area contributed by atoms with E-state index in [1.165, 1.54) is 5.56 Å². The van der Waals surface area contributed by atoms with Gasteiger partial charge in [-0.25, -0.2) is 0 Å². The van der Waals surface area contributed by atoms with Crippen molar-refractivity contribution >= 4 is 24.0 Å². The first kappa shape index (κ1) is 17.6. The molecule has 114 valence electrons. The van der Waals surface area contributed by atoms with Gasteiger partial charge in [0.1, 0.15) is 11.5 Å². The summed E-state index contributed by atoms with van der Waals surface area (Å²) in [6, 6.07) is 13.6. The van der Waals surface area contributed by atoms with E-state index in [0.717, 1.165) is 23.6 Å². The highest BCUT2D eigenvalue weighted by Crippen LogP contribution is 2.22. The molecular formula is C16H19Cl2NO2. The molecule has 0 aromatic heterocycles. The molecule has 0 radical (unpaired) electrons. The van der Waals surface area contributed by atoms with Crippen molar-refractivity contribution in [3.63, 3.8) is 0 Å². The van der Waals surface area contributed by atoms with Crippen LogP contribution in [-0.4, -0.2) is 14.2 Å². The number of methoxy groups -OCH3 is 2. The SMILES string of the molecule is COc1ccc(CNCc2cc(Cl)ccc2OC)cc1.Cl. The summed E-state index contributed by atoms with van der Waals surface area (Å²) < 4.78 is 10.5. The van der Waals surface area contributed by atoms with E-state index < -0.39 is 0 Å². The van der Waals surface area contributed by atoms with Crippen LogP contribution in [-0.2, 0) is 13.1 Å². The number of nitrogens with one attached hydrogen (secondary N) is 1. The third-order valence-electron chi connectivity index (χ3n) is 3.05. The Morgan fingerprint density at radius 2 is 1.67 bits per heavy atom. The Kier molecular flexibility index (Phi) is 7.37. The second-order valence-electron chi connectivity index (χ2n) is 4.41. The van der Waals surface area contributed by atoms with Crippen LogP contribution in [0.3, 0.4) is 0 Å². The zero-order valence-electron chi connectivity index (χ0n) is 12.1. The van der Waals surface area contributed by atoms with E-state index in [2.05, 4.69) is 5.32 Å². The molecule has 2 aromatic rings. The lowest BCUT2D eigenvalue weighted by molar-refractivity contribution is 0.407. The summed E-state index contributed by atoms with van der Waals surface area (Å²) in [7, 11) is 3.33. The zero-order valence-corrected chi connectivity index (χ0v) is 13.6. The van der Waals surface area contributed by atoms with Gasteiger partial charge in [0.05, 0.1) is 14.2 Å². The Hall–Kier alpha value is -1.42. The molecule has 2 rings (SSSR count). The van der Waals surface area contributed by atoms with Crippen molar-refractivity contribution in [2.24, 2.45) is 0 Å². The van der Waals surface area contributed by atoms with Gasteiger partial charge in [0.15, 0.2) is 0 Å². The van der Waals surface area contributed by atoms with E-state index in [-0.39, 0.29) is 12.4 Å². The van der Waals surface area contributed by atoms with Crippen LogP contribution in [0.5, 0.6) is 11.5 Å². The van der Waals surface area contributed by atoms with E-state index in [9.17, 15) is 0 Å². The molecule has 0 bridgehead atoms. The van der Waals surface area contributed by atoms with Crippen molar-refractivity contribution in [1.29, 1.82) is 0 Å². The highest BCUT2D eigenvalue weighted by Gasteiger charge is 2.03. The minimum Gasteiger partial charge on any atom is -0.497 e. The Balaban J connectivity index is 0.00000220. The maximum Gasteiger partial charge on any atom is 0.123 e. The van der Waals surface area contributed by atoms with E-state index in [1.54, 1.807) is 14.2 Å². The van der Waals surface area contributed by atoms with Gasteiger partial charge < -0.3 is 14.8 Å². The van der Waals surface area contributed by atoms with E-state index >= 15 is 0 Å². The second-order valence-corrected chi connectivity index (χ2v) is 4.84. The maximum absolute atomic E-state index is 6.01. The topological polar surface area (TPSA) is 30.5 Å². The van der Waals surface area contributed by atoms with Gasteiger partial charge in [0.2, 0.25) is 0 Å². The molecule has 21 heavy (non-hydrogen) atoms. The number of hydrogen-bond donors (Lipinski definition) is 1. The molecule has 3 nitrogen and oxygen atoms in total. The van der Waals surface area contributed by atoms with Crippen molar-refractivity contribution in [2.75, 3.05) is 14.2 Å². The van der Waals surface area contributed by atoms with Crippen molar-refractivity contribution in [3.8, 4) is 11.5 Å². The summed E-state index contributed by atoms with van der Waals surface area (Å²) in [5.41, 5.74) is 2.25. The van der Waals surface area contributed by atoms with Crippen molar-refractivity contribution in [1.82, 2.24) is 5.32 Å². The smallest absolute Gasteiger partial charge is 0.123 e. The molecule has 0 unspecified atom stereocenters. The predicted octanol–water partition coefficient (Wildman–Crippen LogP) is 4.07. The molecule has 1 N–H and O–H groups in total. The minimum absolute atomic E-state index is 0. The summed E-state index contributed by atoms with van der Waals surface area (Å²) in [6.07, 6.45) is 0. The van der Waals surface area contributed by atoms with Gasteiger partial charge in [-0.1, -0.05) is 23.7 Å². The number of hydrogen-bond acceptors (Lipinski definition) is 3. The number of rotatable bonds is 6. The zero-order chi connectivity index (χ0) is 14.4. The summed E-state index contributed by atoms with van der Waals surface area (Å²) in [6.45, 7) is 1.48. The molecule has 0 spiro atoms. The standard InChI is InChI=1S/C16H18ClNO2.ClH/c1-19-15-6-3-12(4-7-15)10-18-11-13-9-14(17)5-8-16(13)20-2;/h3-9,18H,10-11H2,1-2H3;1H. The van der Waals surface area contributed by atoms with Crippen LogP contribution in [0.4, 0.5) is 0 Å². The minimum atomic E-state index is 0. The van der Waals surface area contributed by atoms with Gasteiger partial charge in [0.25, 0.3) is 0 Å². The van der Waals surface area contributed by atoms with E-state index in [4.69, 9.17) is 21.1 Å². The highest BCUT2D eigenvalue weighted by molar-refractivity contribution is 6.30. The fourth-order valence-electron chi connectivity index (χ4n) is 1.97. The van der Waals surface area contributed by atoms with Crippen LogP contribution in [0.15, 0.2) is 42.5 Å². The van der Waals surface area contributed by atoms with Crippen LogP contribution in [0.2, 0.25) is 5.02 Å². The fourth-order valence-corrected chi connectivity index (χ4v) is 2.16. The quantitative estimate of drug-likeness (QED) is 0.867. The lowest BCUT2D eigenvalue weighted by atomic mass is 10.2. The van der Waals surface area contributed by atoms with Gasteiger partial charge in [-0.15, -0.1) is 12.4 Å². The molecule has 0 aliphatic rings. The third kappa shape index (κ3) is 5.12. The second kappa shape index (κ2) is 8.78. The largest absolute Gasteiger partial charge is 0.497 e. The lowest BCUT2D eigenvalue weighted by Crippen LogP contribution is -2.13. The van der Waals surface area contributed by atoms with Crippen molar-refractivity contribution < 1.29 is 9.47 Å². The van der Waals surface area contributed by atoms with Gasteiger partial charge in [0, 0.05) is 23.7 Å². The summed E-state index contributed by atoms with van der Waals surface area (Å²) in [5.74, 6) is 1.71. The van der Waals surface area contributed by atoms with Crippen molar-refractivity contribution in [3.05, 3.63) is 58.6 Å². The summed E-state index contributed by atoms with van der Waals surface area (Å²) in [5, 5.41) is 4.09. The van der Waals surface area contributed by atoms with Crippen LogP contribution in [0, 0.1) is 0 Å². The van der Waals surface area contributed by atoms with E-state index in [1.807, 2.05) is 42.5 Å². The summed E-state index contributed by atoms with van der Waals surface area (Å²) >= 11 is 6.01. The van der Waals surface area contributed by atoms with E-state index in [0.29, 0.717) is 11.6 Å². The summed E-state index contributed by atoms with van der Waals surface area (Å²) in [4.78, 5) is 0. The number of ether oxygens (including phenoxy) is 2. The normalized spacial score (nSPS) is 9.86. The predicted molar refractivity (Wildman–Crippen MR) is 88.8 cm³/mol. The molecule has 0 atom stereocenters. The molecule has 2 aromatic carbocycles. The highest BCUT2D eigenvalue weighted by atomic mass is 35.5. The molecule has 0 aliphatic carbocycles. The van der Waals surface area contributed by atoms with Crippen LogP contribution < -0.4 is 14.8 Å². The first-order valence-electron chi connectivity index (χ1n) is 6.39. The maximum atomic E-state index is 6.01. The third-order valence-corrected chi connectivity index (χ3v) is 3.28. The molecule has 0 saturated heterocycles. The van der Waals surface area contributed by atoms with Crippen LogP contribution >= 0.6 is 24.0 Å². The molecule has 0 heterocycles. The average Bonchev–Trinajstić information content (AvgIpc) is 2.48. The van der Waals surface area contributed by atoms with Gasteiger partial charge in [-0.05, 0) is 35.9 Å². The number of benzene rings is 2. The average molecular weight is 328 g/mol. The Morgan fingerprint density at radius 1 is 0.952 bits per heavy atom. The first-order valence-corrected chi connectivity index (χ1v) is 6.77.